The summed E-state index contributed by atoms with van der Waals surface area (Å²) in [7, 11) is -2.89. The second-order valence-electron chi connectivity index (χ2n) is 3.15. The molecule has 0 aliphatic carbocycles. The second-order valence-corrected chi connectivity index (χ2v) is 5.38. The molecule has 1 heterocycles. The number of carbonyl (C=O) groups is 1. The number of carbonyl (C=O) groups excluding carboxylic acids is 1. The summed E-state index contributed by atoms with van der Waals surface area (Å²) < 4.78 is 22.2. The van der Waals surface area contributed by atoms with Gasteiger partial charge in [0.25, 0.3) is 0 Å². The molecule has 0 bridgehead atoms. The Kier molecular flexibility index (Phi) is 2.72. The standard InChI is InChI=1S/C7H13NO3S/c1-6(9)8-7-3-2-4-12(10,11)5-7/h7H,2-5H2,1H3,(H,8,9). The Bertz CT molecular complexity index is 270. The van der Waals surface area contributed by atoms with Crippen molar-refractivity contribution in [1.29, 1.82) is 0 Å². The predicted molar refractivity (Wildman–Crippen MR) is 45.5 cm³/mol. The Labute approximate surface area is 72.3 Å². The zero-order valence-electron chi connectivity index (χ0n) is 7.04. The molecule has 4 nitrogen and oxygen atoms in total. The van der Waals surface area contributed by atoms with Crippen molar-refractivity contribution >= 4 is 15.7 Å². The molecule has 5 heteroatoms. The van der Waals surface area contributed by atoms with Crippen molar-refractivity contribution in [2.45, 2.75) is 25.8 Å². The molecule has 0 aromatic rings. The Morgan fingerprint density at radius 2 is 2.17 bits per heavy atom. The second kappa shape index (κ2) is 3.43. The van der Waals surface area contributed by atoms with E-state index >= 15 is 0 Å². The Morgan fingerprint density at radius 3 is 2.67 bits per heavy atom. The van der Waals surface area contributed by atoms with Crippen LogP contribution in [0.2, 0.25) is 0 Å². The zero-order valence-corrected chi connectivity index (χ0v) is 7.86. The van der Waals surface area contributed by atoms with Crippen molar-refractivity contribution in [2.75, 3.05) is 11.5 Å². The monoisotopic (exact) mass is 191 g/mol. The minimum absolute atomic E-state index is 0.104. The maximum atomic E-state index is 11.1. The molecule has 0 spiro atoms. The molecule has 12 heavy (non-hydrogen) atoms. The van der Waals surface area contributed by atoms with Gasteiger partial charge in [-0.2, -0.15) is 0 Å². The maximum Gasteiger partial charge on any atom is 0.217 e. The van der Waals surface area contributed by atoms with Gasteiger partial charge in [0.2, 0.25) is 5.91 Å². The molecule has 0 aromatic carbocycles. The smallest absolute Gasteiger partial charge is 0.217 e. The van der Waals surface area contributed by atoms with Crippen LogP contribution < -0.4 is 5.32 Å². The van der Waals surface area contributed by atoms with Gasteiger partial charge in [-0.05, 0) is 12.8 Å². The summed E-state index contributed by atoms with van der Waals surface area (Å²) in [4.78, 5) is 10.6. The number of nitrogens with one attached hydrogen (secondary N) is 1. The van der Waals surface area contributed by atoms with Gasteiger partial charge in [0, 0.05) is 13.0 Å². The van der Waals surface area contributed by atoms with Crippen molar-refractivity contribution in [3.8, 4) is 0 Å². The molecule has 1 unspecified atom stereocenters. The molecular formula is C7H13NO3S. The van der Waals surface area contributed by atoms with Gasteiger partial charge in [-0.3, -0.25) is 4.79 Å². The first-order chi connectivity index (χ1) is 5.49. The van der Waals surface area contributed by atoms with Crippen LogP contribution in [0.25, 0.3) is 0 Å². The molecule has 0 saturated carbocycles. The van der Waals surface area contributed by atoms with E-state index in [0.29, 0.717) is 6.42 Å². The van der Waals surface area contributed by atoms with Crippen LogP contribution in [0.1, 0.15) is 19.8 Å². The molecule has 1 amide bonds. The van der Waals surface area contributed by atoms with Gasteiger partial charge in [-0.15, -0.1) is 0 Å². The van der Waals surface area contributed by atoms with Crippen LogP contribution in [0.15, 0.2) is 0 Å². The van der Waals surface area contributed by atoms with Gasteiger partial charge in [0.15, 0.2) is 9.84 Å². The van der Waals surface area contributed by atoms with Gasteiger partial charge < -0.3 is 5.32 Å². The molecule has 0 radical (unpaired) electrons. The Hall–Kier alpha value is -0.580. The van der Waals surface area contributed by atoms with Crippen molar-refractivity contribution < 1.29 is 13.2 Å². The molecular weight excluding hydrogens is 178 g/mol. The first-order valence-electron chi connectivity index (χ1n) is 3.97. The highest BCUT2D eigenvalue weighted by atomic mass is 32.2. The van der Waals surface area contributed by atoms with E-state index in [2.05, 4.69) is 5.32 Å². The summed E-state index contributed by atoms with van der Waals surface area (Å²) in [6.07, 6.45) is 1.44. The lowest BCUT2D eigenvalue weighted by Crippen LogP contribution is -2.42. The van der Waals surface area contributed by atoms with Crippen molar-refractivity contribution in [1.82, 2.24) is 5.32 Å². The average Bonchev–Trinajstić information content (AvgIpc) is 1.82. The summed E-state index contributed by atoms with van der Waals surface area (Å²) in [5.41, 5.74) is 0. The molecule has 1 aliphatic heterocycles. The maximum absolute atomic E-state index is 11.1. The largest absolute Gasteiger partial charge is 0.353 e. The molecule has 1 saturated heterocycles. The molecule has 1 aliphatic rings. The minimum atomic E-state index is -2.89. The van der Waals surface area contributed by atoms with E-state index in [4.69, 9.17) is 0 Å². The molecule has 1 atom stereocenters. The summed E-state index contributed by atoms with van der Waals surface area (Å²) >= 11 is 0. The number of hydrogen-bond donors (Lipinski definition) is 1. The number of sulfone groups is 1. The molecule has 1 N–H and O–H groups in total. The van der Waals surface area contributed by atoms with Crippen molar-refractivity contribution in [3.05, 3.63) is 0 Å². The third kappa shape index (κ3) is 2.81. The molecule has 0 aromatic heterocycles. The van der Waals surface area contributed by atoms with Crippen molar-refractivity contribution in [2.24, 2.45) is 0 Å². The van der Waals surface area contributed by atoms with E-state index in [9.17, 15) is 13.2 Å². The predicted octanol–water partition coefficient (Wildman–Crippen LogP) is -0.300. The molecule has 1 rings (SSSR count). The van der Waals surface area contributed by atoms with Gasteiger partial charge in [-0.1, -0.05) is 0 Å². The number of hydrogen-bond acceptors (Lipinski definition) is 3. The summed E-state index contributed by atoms with van der Waals surface area (Å²) in [5.74, 6) is 0.215. The first-order valence-corrected chi connectivity index (χ1v) is 5.79. The fraction of sp³-hybridized carbons (Fsp3) is 0.857. The molecule has 70 valence electrons. The Balaban J connectivity index is 2.53. The Morgan fingerprint density at radius 1 is 1.50 bits per heavy atom. The van der Waals surface area contributed by atoms with Crippen LogP contribution in [-0.4, -0.2) is 31.9 Å². The third-order valence-corrected chi connectivity index (χ3v) is 3.69. The van der Waals surface area contributed by atoms with Gasteiger partial charge >= 0.3 is 0 Å². The lowest BCUT2D eigenvalue weighted by molar-refractivity contribution is -0.119. The van der Waals surface area contributed by atoms with E-state index in [-0.39, 0.29) is 23.5 Å². The normalized spacial score (nSPS) is 27.9. The van der Waals surface area contributed by atoms with E-state index in [1.807, 2.05) is 0 Å². The van der Waals surface area contributed by atoms with Crippen LogP contribution in [-0.2, 0) is 14.6 Å². The van der Waals surface area contributed by atoms with E-state index in [0.717, 1.165) is 6.42 Å². The van der Waals surface area contributed by atoms with Crippen LogP contribution in [0.5, 0.6) is 0 Å². The quantitative estimate of drug-likeness (QED) is 0.619. The van der Waals surface area contributed by atoms with E-state index in [1.165, 1.54) is 6.92 Å². The van der Waals surface area contributed by atoms with Crippen molar-refractivity contribution in [3.63, 3.8) is 0 Å². The van der Waals surface area contributed by atoms with Gasteiger partial charge in [0.05, 0.1) is 11.5 Å². The topological polar surface area (TPSA) is 63.2 Å². The first kappa shape index (κ1) is 9.51. The van der Waals surface area contributed by atoms with Crippen LogP contribution in [0, 0.1) is 0 Å². The highest BCUT2D eigenvalue weighted by Crippen LogP contribution is 2.11. The van der Waals surface area contributed by atoms with Crippen LogP contribution in [0.3, 0.4) is 0 Å². The SMILES string of the molecule is CC(=O)NC1CCCS(=O)(=O)C1. The average molecular weight is 191 g/mol. The summed E-state index contributed by atoms with van der Waals surface area (Å²) in [6, 6.07) is -0.166. The fourth-order valence-corrected chi connectivity index (χ4v) is 3.06. The number of amides is 1. The van der Waals surface area contributed by atoms with Crippen LogP contribution in [0.4, 0.5) is 0 Å². The lowest BCUT2D eigenvalue weighted by atomic mass is 10.2. The lowest BCUT2D eigenvalue weighted by Gasteiger charge is -2.22. The summed E-state index contributed by atoms with van der Waals surface area (Å²) in [6.45, 7) is 1.40. The van der Waals surface area contributed by atoms with E-state index < -0.39 is 9.84 Å². The van der Waals surface area contributed by atoms with E-state index in [1.54, 1.807) is 0 Å². The van der Waals surface area contributed by atoms with Crippen LogP contribution >= 0.6 is 0 Å². The zero-order chi connectivity index (χ0) is 9.19. The minimum Gasteiger partial charge on any atom is -0.353 e. The summed E-state index contributed by atoms with van der Waals surface area (Å²) in [5, 5.41) is 2.62. The number of rotatable bonds is 1. The van der Waals surface area contributed by atoms with Gasteiger partial charge in [0.1, 0.15) is 0 Å². The highest BCUT2D eigenvalue weighted by Gasteiger charge is 2.24. The molecule has 1 fully saturated rings. The highest BCUT2D eigenvalue weighted by molar-refractivity contribution is 7.91. The third-order valence-electron chi connectivity index (χ3n) is 1.87. The van der Waals surface area contributed by atoms with Gasteiger partial charge in [-0.25, -0.2) is 8.42 Å². The fourth-order valence-electron chi connectivity index (χ4n) is 1.42.